The highest BCUT2D eigenvalue weighted by atomic mass is 32.2. The van der Waals surface area contributed by atoms with Gasteiger partial charge < -0.3 is 19.3 Å². The first kappa shape index (κ1) is 37.4. The number of nitrogens with zero attached hydrogens (tertiary/aromatic N) is 7. The molecule has 3 heterocycles. The third-order valence-electron chi connectivity index (χ3n) is 9.75. The van der Waals surface area contributed by atoms with Crippen LogP contribution in [0.2, 0.25) is 0 Å². The number of carbonyl (C=O) groups excluding carboxylic acids is 1. The van der Waals surface area contributed by atoms with Crippen LogP contribution in [-0.4, -0.2) is 104 Å². The topological polar surface area (TPSA) is 193 Å². The van der Waals surface area contributed by atoms with E-state index in [4.69, 9.17) is 9.47 Å². The third kappa shape index (κ3) is 8.34. The molecule has 0 radical (unpaired) electrons. The number of piperidine rings is 1. The average molecular weight is 751 g/mol. The molecule has 3 aliphatic rings. The van der Waals surface area contributed by atoms with Crippen molar-refractivity contribution in [3.63, 3.8) is 0 Å². The number of piperazine rings is 1. The molecule has 0 saturated carbocycles. The Hall–Kier alpha value is -5.33. The van der Waals surface area contributed by atoms with Crippen molar-refractivity contribution in [2.75, 3.05) is 69.5 Å². The maximum Gasteiger partial charge on any atom is 0.293 e. The van der Waals surface area contributed by atoms with E-state index >= 15 is 0 Å². The van der Waals surface area contributed by atoms with E-state index in [1.165, 1.54) is 22.7 Å². The fourth-order valence-electron chi connectivity index (χ4n) is 6.88. The molecule has 6 rings (SSSR count). The zero-order valence-electron chi connectivity index (χ0n) is 29.5. The van der Waals surface area contributed by atoms with Gasteiger partial charge in [0.15, 0.2) is 11.5 Å². The molecule has 282 valence electrons. The van der Waals surface area contributed by atoms with Crippen LogP contribution in [0.3, 0.4) is 0 Å². The van der Waals surface area contributed by atoms with Crippen LogP contribution in [0.1, 0.15) is 37.8 Å². The summed E-state index contributed by atoms with van der Waals surface area (Å²) in [6.45, 7) is 8.32. The Morgan fingerprint density at radius 3 is 2.43 bits per heavy atom. The van der Waals surface area contributed by atoms with Crippen LogP contribution in [0.4, 0.5) is 22.7 Å². The van der Waals surface area contributed by atoms with Crippen LogP contribution < -0.4 is 19.8 Å². The van der Waals surface area contributed by atoms with Crippen molar-refractivity contribution in [1.82, 2.24) is 14.1 Å². The number of nitro benzene ring substituents is 2. The summed E-state index contributed by atoms with van der Waals surface area (Å²) < 4.78 is 40.0. The monoisotopic (exact) mass is 750 g/mol. The minimum Gasteiger partial charge on any atom is -0.454 e. The molecule has 18 heteroatoms. The van der Waals surface area contributed by atoms with Crippen molar-refractivity contribution < 1.29 is 32.5 Å². The number of nitro groups is 2. The lowest BCUT2D eigenvalue weighted by atomic mass is 9.98. The van der Waals surface area contributed by atoms with Crippen LogP contribution in [-0.2, 0) is 21.4 Å². The lowest BCUT2D eigenvalue weighted by molar-refractivity contribution is -0.385. The van der Waals surface area contributed by atoms with E-state index in [0.29, 0.717) is 69.9 Å². The first-order chi connectivity index (χ1) is 25.5. The molecular formula is C35H42N8O9S. The normalized spacial score (nSPS) is 17.9. The molecule has 3 aliphatic heterocycles. The number of ether oxygens (including phenoxy) is 2. The van der Waals surface area contributed by atoms with Crippen LogP contribution >= 0.6 is 0 Å². The van der Waals surface area contributed by atoms with E-state index in [-0.39, 0.29) is 42.1 Å². The largest absolute Gasteiger partial charge is 0.454 e. The molecule has 3 aromatic carbocycles. The molecule has 1 atom stereocenters. The van der Waals surface area contributed by atoms with Gasteiger partial charge in [0.1, 0.15) is 10.6 Å². The van der Waals surface area contributed by atoms with Crippen molar-refractivity contribution in [2.24, 2.45) is 11.0 Å². The summed E-state index contributed by atoms with van der Waals surface area (Å²) in [6.07, 6.45) is 2.31. The van der Waals surface area contributed by atoms with Gasteiger partial charge in [0.05, 0.1) is 27.7 Å². The molecule has 1 amide bonds. The Bertz CT molecular complexity index is 2000. The third-order valence-corrected chi connectivity index (χ3v) is 11.7. The number of sulfonamides is 1. The van der Waals surface area contributed by atoms with Gasteiger partial charge in [0.25, 0.3) is 11.4 Å². The molecule has 0 unspecified atom stereocenters. The zero-order chi connectivity index (χ0) is 37.7. The summed E-state index contributed by atoms with van der Waals surface area (Å²) in [7, 11) is -4.30. The van der Waals surface area contributed by atoms with Crippen molar-refractivity contribution in [3.8, 4) is 11.5 Å². The number of nitrogens with one attached hydrogen (secondary N) is 1. The summed E-state index contributed by atoms with van der Waals surface area (Å²) in [5.74, 6) is 0.795. The summed E-state index contributed by atoms with van der Waals surface area (Å²) in [5, 5.41) is 28.0. The van der Waals surface area contributed by atoms with Crippen molar-refractivity contribution in [2.45, 2.75) is 38.1 Å². The second-order valence-electron chi connectivity index (χ2n) is 13.0. The summed E-state index contributed by atoms with van der Waals surface area (Å²) >= 11 is 0. The van der Waals surface area contributed by atoms with Gasteiger partial charge in [0, 0.05) is 82.7 Å². The standard InChI is InChI=1S/C35H42N8O9S/c1-3-39(4-2)35(44)27-6-5-13-41(23-27)53(49,50)34-20-28(42(45)46)9-10-29(34)37-36-21-25-7-11-30(31(18-25)43(47)48)40-16-14-38(15-17-40)22-26-8-12-32-33(19-26)52-24-51-32/h7-12,18-21,27,37H,3-6,13-17,22-24H2,1-2H3/b36-21-/t27-/m0/s1. The number of amides is 1. The highest BCUT2D eigenvalue weighted by molar-refractivity contribution is 7.89. The predicted octanol–water partition coefficient (Wildman–Crippen LogP) is 4.27. The van der Waals surface area contributed by atoms with Gasteiger partial charge in [-0.05, 0) is 56.5 Å². The Balaban J connectivity index is 1.15. The van der Waals surface area contributed by atoms with Gasteiger partial charge in [-0.2, -0.15) is 9.41 Å². The van der Waals surface area contributed by atoms with E-state index < -0.39 is 31.5 Å². The van der Waals surface area contributed by atoms with E-state index in [2.05, 4.69) is 15.4 Å². The lowest BCUT2D eigenvalue weighted by Crippen LogP contribution is -2.46. The smallest absolute Gasteiger partial charge is 0.293 e. The predicted molar refractivity (Wildman–Crippen MR) is 197 cm³/mol. The van der Waals surface area contributed by atoms with Crippen molar-refractivity contribution in [1.29, 1.82) is 0 Å². The quantitative estimate of drug-likeness (QED) is 0.148. The summed E-state index contributed by atoms with van der Waals surface area (Å²) in [6, 6.07) is 14.0. The minimum atomic E-state index is -4.30. The Kier molecular flexibility index (Phi) is 11.4. The molecule has 2 saturated heterocycles. The maximum atomic E-state index is 13.9. The average Bonchev–Trinajstić information content (AvgIpc) is 3.64. The first-order valence-corrected chi connectivity index (χ1v) is 18.9. The van der Waals surface area contributed by atoms with Gasteiger partial charge >= 0.3 is 0 Å². The van der Waals surface area contributed by atoms with Crippen molar-refractivity contribution in [3.05, 3.63) is 86.0 Å². The minimum absolute atomic E-state index is 0.0196. The van der Waals surface area contributed by atoms with E-state index in [9.17, 15) is 33.4 Å². The number of hydrogen-bond acceptors (Lipinski definition) is 13. The number of anilines is 2. The van der Waals surface area contributed by atoms with Crippen LogP contribution in [0, 0.1) is 26.1 Å². The zero-order valence-corrected chi connectivity index (χ0v) is 30.4. The molecule has 2 fully saturated rings. The molecule has 0 spiro atoms. The fourth-order valence-corrected chi connectivity index (χ4v) is 8.57. The summed E-state index contributed by atoms with van der Waals surface area (Å²) in [4.78, 5) is 41.3. The number of benzene rings is 3. The van der Waals surface area contributed by atoms with Gasteiger partial charge in [0.2, 0.25) is 22.7 Å². The number of carbonyl (C=O) groups is 1. The number of non-ortho nitro benzene ring substituents is 1. The van der Waals surface area contributed by atoms with Crippen LogP contribution in [0.25, 0.3) is 0 Å². The molecular weight excluding hydrogens is 708 g/mol. The Morgan fingerprint density at radius 2 is 1.72 bits per heavy atom. The fraction of sp³-hybridized carbons (Fsp3) is 0.429. The molecule has 53 heavy (non-hydrogen) atoms. The van der Waals surface area contributed by atoms with E-state index in [1.54, 1.807) is 17.0 Å². The van der Waals surface area contributed by atoms with E-state index in [1.807, 2.05) is 36.9 Å². The van der Waals surface area contributed by atoms with Crippen molar-refractivity contribution >= 4 is 44.9 Å². The van der Waals surface area contributed by atoms with E-state index in [0.717, 1.165) is 29.2 Å². The van der Waals surface area contributed by atoms with Gasteiger partial charge in [-0.1, -0.05) is 12.1 Å². The van der Waals surface area contributed by atoms with Gasteiger partial charge in [-0.25, -0.2) is 8.42 Å². The second kappa shape index (κ2) is 16.1. The first-order valence-electron chi connectivity index (χ1n) is 17.5. The Morgan fingerprint density at radius 1 is 0.962 bits per heavy atom. The number of hydrazone groups is 1. The Labute approximate surface area is 307 Å². The van der Waals surface area contributed by atoms with Crippen LogP contribution in [0.5, 0.6) is 11.5 Å². The van der Waals surface area contributed by atoms with Gasteiger partial charge in [-0.3, -0.25) is 35.3 Å². The molecule has 0 aliphatic carbocycles. The number of hydrogen-bond donors (Lipinski definition) is 1. The molecule has 3 aromatic rings. The highest BCUT2D eigenvalue weighted by Gasteiger charge is 2.36. The SMILES string of the molecule is CCN(CC)C(=O)[C@H]1CCCN(S(=O)(=O)c2cc([N+](=O)[O-])ccc2N/N=C\c2ccc(N3CCN(Cc4ccc5c(c4)OCO5)CC3)c([N+](=O)[O-])c2)C1. The highest BCUT2D eigenvalue weighted by Crippen LogP contribution is 2.35. The van der Waals surface area contributed by atoms with Gasteiger partial charge in [-0.15, -0.1) is 0 Å². The summed E-state index contributed by atoms with van der Waals surface area (Å²) in [5.41, 5.74) is 4.08. The lowest BCUT2D eigenvalue weighted by Gasteiger charge is -2.35. The molecule has 0 aromatic heterocycles. The number of fused-ring (bicyclic) bond motifs is 1. The second-order valence-corrected chi connectivity index (χ2v) is 14.9. The number of rotatable bonds is 13. The molecule has 17 nitrogen and oxygen atoms in total. The maximum absolute atomic E-state index is 13.9. The van der Waals surface area contributed by atoms with Crippen LogP contribution in [0.15, 0.2) is 64.6 Å². The molecule has 1 N–H and O–H groups in total. The molecule has 0 bridgehead atoms.